The molecule has 37 heavy (non-hydrogen) atoms. The molecule has 0 aliphatic carbocycles. The highest BCUT2D eigenvalue weighted by Crippen LogP contribution is 2.32. The lowest BCUT2D eigenvalue weighted by molar-refractivity contribution is -0.135. The number of hydrogen-bond donors (Lipinski definition) is 2. The van der Waals surface area contributed by atoms with Crippen molar-refractivity contribution in [2.24, 2.45) is 5.73 Å². The molecule has 0 bridgehead atoms. The summed E-state index contributed by atoms with van der Waals surface area (Å²) in [7, 11) is 2.03. The monoisotopic (exact) mass is 502 g/mol. The molecule has 1 atom stereocenters. The number of hydrogen-bond acceptors (Lipinski definition) is 6. The average Bonchev–Trinajstić information content (AvgIpc) is 2.92. The Morgan fingerprint density at radius 3 is 2.05 bits per heavy atom. The lowest BCUT2D eigenvalue weighted by Gasteiger charge is -2.35. The Balaban J connectivity index is 1.54. The van der Waals surface area contributed by atoms with E-state index in [1.54, 1.807) is 11.0 Å². The van der Waals surface area contributed by atoms with Crippen LogP contribution in [0.25, 0.3) is 0 Å². The fourth-order valence-electron chi connectivity index (χ4n) is 4.14. The number of nitrogens with one attached hydrogen (secondary N) is 1. The molecule has 3 aromatic rings. The van der Waals surface area contributed by atoms with Crippen LogP contribution in [0.15, 0.2) is 78.9 Å². The van der Waals surface area contributed by atoms with Gasteiger partial charge in [0.05, 0.1) is 12.1 Å². The Morgan fingerprint density at radius 2 is 1.46 bits per heavy atom. The van der Waals surface area contributed by atoms with Crippen molar-refractivity contribution in [1.29, 1.82) is 0 Å². The highest BCUT2D eigenvalue weighted by atomic mass is 16.5. The van der Waals surface area contributed by atoms with Gasteiger partial charge < -0.3 is 30.3 Å². The zero-order valence-corrected chi connectivity index (χ0v) is 21.1. The number of carbonyl (C=O) groups is 2. The summed E-state index contributed by atoms with van der Waals surface area (Å²) < 4.78 is 12.2. The fourth-order valence-corrected chi connectivity index (χ4v) is 4.14. The van der Waals surface area contributed by atoms with Crippen LogP contribution in [-0.4, -0.2) is 60.9 Å². The predicted molar refractivity (Wildman–Crippen MR) is 143 cm³/mol. The second kappa shape index (κ2) is 12.8. The third-order valence-electron chi connectivity index (χ3n) is 6.29. The van der Waals surface area contributed by atoms with Crippen LogP contribution in [0.3, 0.4) is 0 Å². The van der Waals surface area contributed by atoms with Gasteiger partial charge in [0.15, 0.2) is 0 Å². The molecule has 1 saturated heterocycles. The molecule has 1 fully saturated rings. The van der Waals surface area contributed by atoms with Crippen LogP contribution in [0.4, 0.5) is 5.69 Å². The van der Waals surface area contributed by atoms with Crippen LogP contribution < -0.4 is 20.5 Å². The van der Waals surface area contributed by atoms with Crippen molar-refractivity contribution in [1.82, 2.24) is 9.80 Å². The molecule has 3 aromatic carbocycles. The minimum Gasteiger partial charge on any atom is -0.489 e. The normalized spacial score (nSPS) is 14.6. The van der Waals surface area contributed by atoms with E-state index in [-0.39, 0.29) is 12.3 Å². The molecule has 0 aromatic heterocycles. The van der Waals surface area contributed by atoms with Gasteiger partial charge in [0.1, 0.15) is 30.8 Å². The summed E-state index contributed by atoms with van der Waals surface area (Å²) >= 11 is 0. The Morgan fingerprint density at radius 1 is 0.865 bits per heavy atom. The largest absolute Gasteiger partial charge is 0.489 e. The summed E-state index contributed by atoms with van der Waals surface area (Å²) in [4.78, 5) is 29.1. The first-order valence-corrected chi connectivity index (χ1v) is 12.5. The number of piperazine rings is 1. The van der Waals surface area contributed by atoms with E-state index in [9.17, 15) is 9.59 Å². The Kier molecular flexibility index (Phi) is 8.99. The smallest absolute Gasteiger partial charge is 0.245 e. The first kappa shape index (κ1) is 26.0. The second-order valence-corrected chi connectivity index (χ2v) is 9.20. The van der Waals surface area contributed by atoms with Gasteiger partial charge in [-0.15, -0.1) is 0 Å². The molecule has 0 saturated carbocycles. The van der Waals surface area contributed by atoms with Crippen molar-refractivity contribution in [3.8, 4) is 11.5 Å². The van der Waals surface area contributed by atoms with Crippen molar-refractivity contribution in [3.05, 3.63) is 90.0 Å². The second-order valence-electron chi connectivity index (χ2n) is 9.20. The molecule has 194 valence electrons. The van der Waals surface area contributed by atoms with Crippen LogP contribution in [0.5, 0.6) is 11.5 Å². The van der Waals surface area contributed by atoms with Crippen LogP contribution in [0.1, 0.15) is 17.5 Å². The summed E-state index contributed by atoms with van der Waals surface area (Å²) in [6, 6.07) is 24.4. The third kappa shape index (κ3) is 7.72. The number of amides is 2. The van der Waals surface area contributed by atoms with Gasteiger partial charge >= 0.3 is 0 Å². The average molecular weight is 503 g/mol. The van der Waals surface area contributed by atoms with Crippen LogP contribution in [0, 0.1) is 0 Å². The van der Waals surface area contributed by atoms with Gasteiger partial charge in [-0.25, -0.2) is 0 Å². The number of primary amides is 1. The van der Waals surface area contributed by atoms with E-state index in [0.29, 0.717) is 43.5 Å². The summed E-state index contributed by atoms with van der Waals surface area (Å²) in [6.45, 7) is 3.54. The number of nitrogens with two attached hydrogens (primary N) is 1. The van der Waals surface area contributed by atoms with E-state index in [1.165, 1.54) is 0 Å². The Labute approximate surface area is 218 Å². The van der Waals surface area contributed by atoms with E-state index in [4.69, 9.17) is 15.2 Å². The number of nitrogens with zero attached hydrogens (tertiary/aromatic N) is 2. The Bertz CT molecular complexity index is 1170. The maximum atomic E-state index is 13.3. The summed E-state index contributed by atoms with van der Waals surface area (Å²) in [5, 5.41) is 3.24. The molecule has 1 aliphatic heterocycles. The van der Waals surface area contributed by atoms with Crippen LogP contribution in [-0.2, 0) is 22.8 Å². The SMILES string of the molecule is CN1CCN(C(=O)[C@H](CC(N)=O)Nc2ccc(OCc3ccccc3)cc2OCc2ccccc2)CC1. The highest BCUT2D eigenvalue weighted by molar-refractivity contribution is 5.90. The van der Waals surface area contributed by atoms with Crippen molar-refractivity contribution >= 4 is 17.5 Å². The first-order chi connectivity index (χ1) is 18.0. The van der Waals surface area contributed by atoms with Gasteiger partial charge in [-0.3, -0.25) is 9.59 Å². The number of carbonyl (C=O) groups excluding carboxylic acids is 2. The zero-order chi connectivity index (χ0) is 26.0. The van der Waals surface area contributed by atoms with Gasteiger partial charge in [0, 0.05) is 32.2 Å². The fraction of sp³-hybridized carbons (Fsp3) is 0.310. The summed E-state index contributed by atoms with van der Waals surface area (Å²) in [6.07, 6.45) is -0.116. The van der Waals surface area contributed by atoms with E-state index in [1.807, 2.05) is 79.8 Å². The van der Waals surface area contributed by atoms with Gasteiger partial charge in [0.25, 0.3) is 0 Å². The molecular formula is C29H34N4O4. The third-order valence-corrected chi connectivity index (χ3v) is 6.29. The van der Waals surface area contributed by atoms with Crippen LogP contribution >= 0.6 is 0 Å². The zero-order valence-electron chi connectivity index (χ0n) is 21.1. The van der Waals surface area contributed by atoms with Crippen molar-refractivity contribution in [3.63, 3.8) is 0 Å². The van der Waals surface area contributed by atoms with Gasteiger partial charge in [-0.05, 0) is 30.3 Å². The van der Waals surface area contributed by atoms with E-state index in [2.05, 4.69) is 10.2 Å². The van der Waals surface area contributed by atoms with Gasteiger partial charge in [-0.2, -0.15) is 0 Å². The van der Waals surface area contributed by atoms with E-state index in [0.717, 1.165) is 24.2 Å². The molecule has 3 N–H and O–H groups in total. The highest BCUT2D eigenvalue weighted by Gasteiger charge is 2.28. The molecule has 2 amide bonds. The molecule has 1 aliphatic rings. The molecule has 0 unspecified atom stereocenters. The molecule has 8 nitrogen and oxygen atoms in total. The summed E-state index contributed by atoms with van der Waals surface area (Å²) in [5.74, 6) is 0.462. The van der Waals surface area contributed by atoms with Crippen LogP contribution in [0.2, 0.25) is 0 Å². The lowest BCUT2D eigenvalue weighted by atomic mass is 10.1. The number of rotatable bonds is 11. The van der Waals surface area contributed by atoms with Crippen molar-refractivity contribution in [2.45, 2.75) is 25.7 Å². The molecule has 0 spiro atoms. The van der Waals surface area contributed by atoms with Gasteiger partial charge in [0.2, 0.25) is 11.8 Å². The van der Waals surface area contributed by atoms with E-state index < -0.39 is 11.9 Å². The van der Waals surface area contributed by atoms with E-state index >= 15 is 0 Å². The topological polar surface area (TPSA) is 97.1 Å². The summed E-state index contributed by atoms with van der Waals surface area (Å²) in [5.41, 5.74) is 8.17. The van der Waals surface area contributed by atoms with Crippen molar-refractivity contribution < 1.29 is 19.1 Å². The minimum atomic E-state index is -0.795. The standard InChI is InChI=1S/C29H34N4O4/c1-32-14-16-33(17-15-32)29(35)26(19-28(30)34)31-25-13-12-24(36-20-22-8-4-2-5-9-22)18-27(25)37-21-23-10-6-3-7-11-23/h2-13,18,26,31H,14-17,19-21H2,1H3,(H2,30,34)/t26-/m0/s1. The molecule has 8 heteroatoms. The number of ether oxygens (including phenoxy) is 2. The molecule has 0 radical (unpaired) electrons. The quantitative estimate of drug-likeness (QED) is 0.418. The first-order valence-electron chi connectivity index (χ1n) is 12.5. The lowest BCUT2D eigenvalue weighted by Crippen LogP contribution is -2.52. The predicted octanol–water partition coefficient (Wildman–Crippen LogP) is 3.27. The minimum absolute atomic E-state index is 0.116. The Hall–Kier alpha value is -4.04. The maximum absolute atomic E-state index is 13.3. The molecule has 1 heterocycles. The number of benzene rings is 3. The number of likely N-dealkylation sites (N-methyl/N-ethyl adjacent to an activating group) is 1. The molecular weight excluding hydrogens is 468 g/mol. The number of anilines is 1. The van der Waals surface area contributed by atoms with Gasteiger partial charge in [-0.1, -0.05) is 60.7 Å². The molecule has 4 rings (SSSR count). The van der Waals surface area contributed by atoms with Crippen molar-refractivity contribution in [2.75, 3.05) is 38.5 Å². The maximum Gasteiger partial charge on any atom is 0.245 e.